The summed E-state index contributed by atoms with van der Waals surface area (Å²) in [5.41, 5.74) is 1.86. The summed E-state index contributed by atoms with van der Waals surface area (Å²) < 4.78 is 0.744. The number of hydrogen-bond donors (Lipinski definition) is 2. The zero-order chi connectivity index (χ0) is 16.1. The lowest BCUT2D eigenvalue weighted by molar-refractivity contribution is -0.113. The molecule has 23 heavy (non-hydrogen) atoms. The monoisotopic (exact) mass is 363 g/mol. The molecule has 0 spiro atoms. The molecule has 0 saturated heterocycles. The van der Waals surface area contributed by atoms with Gasteiger partial charge in [-0.3, -0.25) is 4.79 Å². The molecule has 2 heterocycles. The number of para-hydroxylation sites is 1. The first-order valence-electron chi connectivity index (χ1n) is 6.69. The number of anilines is 3. The van der Waals surface area contributed by atoms with Gasteiger partial charge in [0.1, 0.15) is 0 Å². The van der Waals surface area contributed by atoms with Crippen molar-refractivity contribution < 1.29 is 4.79 Å². The second-order valence-electron chi connectivity index (χ2n) is 4.50. The highest BCUT2D eigenvalue weighted by Gasteiger charge is 2.10. The van der Waals surface area contributed by atoms with Crippen molar-refractivity contribution in [3.05, 3.63) is 41.4 Å². The molecule has 118 valence electrons. The average molecular weight is 363 g/mol. The Hall–Kier alpha value is -1.97. The second kappa shape index (κ2) is 7.53. The number of hydrogen-bond acceptors (Lipinski definition) is 8. The number of carbonyl (C=O) groups excluding carboxylic acids is 1. The Kier molecular flexibility index (Phi) is 5.21. The van der Waals surface area contributed by atoms with Gasteiger partial charge in [-0.05, 0) is 19.1 Å². The first kappa shape index (κ1) is 15.9. The molecule has 0 bridgehead atoms. The predicted octanol–water partition coefficient (Wildman–Crippen LogP) is 3.78. The van der Waals surface area contributed by atoms with Crippen LogP contribution in [0.5, 0.6) is 0 Å². The fraction of sp³-hybridized carbons (Fsp3) is 0.143. The Morgan fingerprint density at radius 3 is 2.78 bits per heavy atom. The first-order chi connectivity index (χ1) is 11.2. The standard InChI is InChI=1S/C14H13N5OS3/c1-9-7-21-12(15-9)17-11(20)8-22-14-19-18-13(23-14)16-10-5-3-2-4-6-10/h2-7H,8H2,1H3,(H,16,18)(H,15,17,20). The van der Waals surface area contributed by atoms with Crippen LogP contribution in [0.25, 0.3) is 0 Å². The maximum atomic E-state index is 11.9. The van der Waals surface area contributed by atoms with Crippen LogP contribution in [0.1, 0.15) is 5.69 Å². The van der Waals surface area contributed by atoms with E-state index in [9.17, 15) is 4.79 Å². The summed E-state index contributed by atoms with van der Waals surface area (Å²) in [7, 11) is 0. The molecule has 0 fully saturated rings. The minimum atomic E-state index is -0.0999. The summed E-state index contributed by atoms with van der Waals surface area (Å²) in [6.45, 7) is 1.89. The minimum Gasteiger partial charge on any atom is -0.330 e. The highest BCUT2D eigenvalue weighted by atomic mass is 32.2. The van der Waals surface area contributed by atoms with Crippen LogP contribution in [-0.2, 0) is 4.79 Å². The SMILES string of the molecule is Cc1csc(NC(=O)CSc2nnc(Nc3ccccc3)s2)n1. The van der Waals surface area contributed by atoms with Gasteiger partial charge >= 0.3 is 0 Å². The highest BCUT2D eigenvalue weighted by Crippen LogP contribution is 2.27. The van der Waals surface area contributed by atoms with Crippen LogP contribution in [-0.4, -0.2) is 26.8 Å². The largest absolute Gasteiger partial charge is 0.330 e. The van der Waals surface area contributed by atoms with Gasteiger partial charge in [0.05, 0.1) is 11.4 Å². The molecular weight excluding hydrogens is 350 g/mol. The molecule has 9 heteroatoms. The molecule has 2 aromatic heterocycles. The van der Waals surface area contributed by atoms with Crippen molar-refractivity contribution >= 4 is 56.3 Å². The zero-order valence-electron chi connectivity index (χ0n) is 12.1. The number of benzene rings is 1. The van der Waals surface area contributed by atoms with Crippen LogP contribution in [0, 0.1) is 6.92 Å². The van der Waals surface area contributed by atoms with E-state index in [2.05, 4.69) is 25.8 Å². The van der Waals surface area contributed by atoms with E-state index in [1.165, 1.54) is 34.4 Å². The van der Waals surface area contributed by atoms with Gasteiger partial charge in [0.25, 0.3) is 0 Å². The van der Waals surface area contributed by atoms with Crippen molar-refractivity contribution in [2.45, 2.75) is 11.3 Å². The van der Waals surface area contributed by atoms with Crippen LogP contribution in [0.3, 0.4) is 0 Å². The highest BCUT2D eigenvalue weighted by molar-refractivity contribution is 8.01. The van der Waals surface area contributed by atoms with Gasteiger partial charge < -0.3 is 10.6 Å². The van der Waals surface area contributed by atoms with Crippen LogP contribution in [0.2, 0.25) is 0 Å². The molecule has 3 rings (SSSR count). The van der Waals surface area contributed by atoms with Gasteiger partial charge in [0.15, 0.2) is 9.47 Å². The third-order valence-electron chi connectivity index (χ3n) is 2.62. The number of aromatic nitrogens is 3. The fourth-order valence-corrected chi connectivity index (χ4v) is 3.93. The summed E-state index contributed by atoms with van der Waals surface area (Å²) in [6, 6.07) is 9.76. The normalized spacial score (nSPS) is 10.5. The number of carbonyl (C=O) groups is 1. The lowest BCUT2D eigenvalue weighted by Crippen LogP contribution is -2.13. The Bertz CT molecular complexity index is 787. The van der Waals surface area contributed by atoms with Gasteiger partial charge in [-0.25, -0.2) is 4.98 Å². The van der Waals surface area contributed by atoms with Gasteiger partial charge in [-0.1, -0.05) is 41.3 Å². The van der Waals surface area contributed by atoms with Crippen molar-refractivity contribution in [3.8, 4) is 0 Å². The van der Waals surface area contributed by atoms with E-state index < -0.39 is 0 Å². The number of aryl methyl sites for hydroxylation is 1. The maximum Gasteiger partial charge on any atom is 0.236 e. The Morgan fingerprint density at radius 2 is 2.04 bits per heavy atom. The molecular formula is C14H13N5OS3. The molecule has 0 unspecified atom stereocenters. The number of rotatable bonds is 6. The second-order valence-corrected chi connectivity index (χ2v) is 7.55. The molecule has 0 aliphatic rings. The fourth-order valence-electron chi connectivity index (χ4n) is 1.66. The van der Waals surface area contributed by atoms with Crippen LogP contribution >= 0.6 is 34.4 Å². The molecule has 1 aromatic carbocycles. The Labute approximate surface area is 145 Å². The number of thioether (sulfide) groups is 1. The molecule has 0 radical (unpaired) electrons. The lowest BCUT2D eigenvalue weighted by atomic mass is 10.3. The van der Waals surface area contributed by atoms with Gasteiger partial charge in [-0.15, -0.1) is 21.5 Å². The van der Waals surface area contributed by atoms with Crippen LogP contribution < -0.4 is 10.6 Å². The minimum absolute atomic E-state index is 0.0999. The number of amides is 1. The van der Waals surface area contributed by atoms with Crippen molar-refractivity contribution in [2.75, 3.05) is 16.4 Å². The zero-order valence-corrected chi connectivity index (χ0v) is 14.6. The molecule has 0 saturated carbocycles. The van der Waals surface area contributed by atoms with Crippen LogP contribution in [0.15, 0.2) is 40.1 Å². The first-order valence-corrected chi connectivity index (χ1v) is 9.37. The topological polar surface area (TPSA) is 79.8 Å². The summed E-state index contributed by atoms with van der Waals surface area (Å²) in [5.74, 6) is 0.176. The molecule has 1 amide bonds. The molecule has 3 aromatic rings. The van der Waals surface area contributed by atoms with Crippen molar-refractivity contribution in [2.24, 2.45) is 0 Å². The van der Waals surface area contributed by atoms with E-state index in [0.717, 1.165) is 15.7 Å². The third-order valence-corrected chi connectivity index (χ3v) is 5.47. The lowest BCUT2D eigenvalue weighted by Gasteiger charge is -2.00. The number of thiazole rings is 1. The summed E-state index contributed by atoms with van der Waals surface area (Å²) in [6.07, 6.45) is 0. The van der Waals surface area contributed by atoms with Crippen molar-refractivity contribution in [1.82, 2.24) is 15.2 Å². The van der Waals surface area contributed by atoms with Gasteiger partial charge in [0.2, 0.25) is 11.0 Å². The van der Waals surface area contributed by atoms with E-state index in [-0.39, 0.29) is 11.7 Å². The summed E-state index contributed by atoms with van der Waals surface area (Å²) in [4.78, 5) is 16.1. The number of nitrogens with one attached hydrogen (secondary N) is 2. The third kappa shape index (κ3) is 4.75. The summed E-state index contributed by atoms with van der Waals surface area (Å²) >= 11 is 4.19. The van der Waals surface area contributed by atoms with E-state index in [4.69, 9.17) is 0 Å². The average Bonchev–Trinajstić information content (AvgIpc) is 3.15. The van der Waals surface area contributed by atoms with E-state index >= 15 is 0 Å². The van der Waals surface area contributed by atoms with Crippen molar-refractivity contribution in [1.29, 1.82) is 0 Å². The summed E-state index contributed by atoms with van der Waals surface area (Å²) in [5, 5.41) is 17.3. The number of nitrogens with zero attached hydrogens (tertiary/aromatic N) is 3. The predicted molar refractivity (Wildman–Crippen MR) is 95.8 cm³/mol. The molecule has 0 aliphatic carbocycles. The van der Waals surface area contributed by atoms with Crippen molar-refractivity contribution in [3.63, 3.8) is 0 Å². The van der Waals surface area contributed by atoms with E-state index in [1.807, 2.05) is 42.6 Å². The molecule has 0 atom stereocenters. The quantitative estimate of drug-likeness (QED) is 0.649. The van der Waals surface area contributed by atoms with E-state index in [0.29, 0.717) is 10.3 Å². The molecule has 2 N–H and O–H groups in total. The van der Waals surface area contributed by atoms with Gasteiger partial charge in [-0.2, -0.15) is 0 Å². The van der Waals surface area contributed by atoms with E-state index in [1.54, 1.807) is 0 Å². The Balaban J connectivity index is 1.50. The smallest absolute Gasteiger partial charge is 0.236 e. The van der Waals surface area contributed by atoms with Gasteiger partial charge in [0, 0.05) is 11.1 Å². The molecule has 6 nitrogen and oxygen atoms in total. The maximum absolute atomic E-state index is 11.9. The molecule has 0 aliphatic heterocycles. The Morgan fingerprint density at radius 1 is 1.22 bits per heavy atom. The van der Waals surface area contributed by atoms with Crippen LogP contribution in [0.4, 0.5) is 16.0 Å².